The van der Waals surface area contributed by atoms with Crippen LogP contribution in [0.15, 0.2) is 11.5 Å². The molecule has 2 heterocycles. The van der Waals surface area contributed by atoms with Gasteiger partial charge in [-0.2, -0.15) is 9.78 Å². The third-order valence-corrected chi connectivity index (χ3v) is 4.00. The number of hydrogen-bond donors (Lipinski definition) is 1. The van der Waals surface area contributed by atoms with Gasteiger partial charge in [0.2, 0.25) is 6.33 Å². The van der Waals surface area contributed by atoms with Gasteiger partial charge in [0.25, 0.3) is 0 Å². The summed E-state index contributed by atoms with van der Waals surface area (Å²) in [7, 11) is 0. The van der Waals surface area contributed by atoms with E-state index < -0.39 is 10.9 Å². The van der Waals surface area contributed by atoms with Crippen molar-refractivity contribution < 1.29 is 9.82 Å². The Kier molecular flexibility index (Phi) is 5.93. The molecule has 2 aromatic heterocycles. The molecule has 126 valence electrons. The number of hydrogen-bond acceptors (Lipinski definition) is 7. The summed E-state index contributed by atoms with van der Waals surface area (Å²) in [5, 5.41) is 22.8. The molecule has 0 radical (unpaired) electrons. The molecule has 11 heteroatoms. The Hall–Kier alpha value is -2.14. The van der Waals surface area contributed by atoms with Crippen LogP contribution < -0.4 is 4.90 Å². The van der Waals surface area contributed by atoms with E-state index in [9.17, 15) is 10.1 Å². The van der Waals surface area contributed by atoms with Crippen molar-refractivity contribution in [2.75, 3.05) is 19.6 Å². The molecule has 0 aliphatic rings. The van der Waals surface area contributed by atoms with Crippen molar-refractivity contribution in [3.8, 4) is 0 Å². The van der Waals surface area contributed by atoms with E-state index in [2.05, 4.69) is 34.1 Å². The van der Waals surface area contributed by atoms with E-state index in [-0.39, 0.29) is 6.54 Å². The molecule has 0 bridgehead atoms. The van der Waals surface area contributed by atoms with E-state index in [1.54, 1.807) is 0 Å². The zero-order valence-electron chi connectivity index (χ0n) is 13.2. The standard InChI is InChI=1S/C12H20N8O2S/c1-3-17(4-2)6-5-7-19-10(14-15-12(19)23)8-18-9-13-11(16-18)20(21)22/h9H,3-8H2,1-2H3,(H,15,23). The van der Waals surface area contributed by atoms with Crippen molar-refractivity contribution >= 4 is 18.6 Å². The van der Waals surface area contributed by atoms with Crippen molar-refractivity contribution in [2.45, 2.75) is 38.5 Å². The summed E-state index contributed by atoms with van der Waals surface area (Å²) in [6.07, 6.45) is 2.27. The van der Waals surface area contributed by atoms with E-state index in [0.717, 1.165) is 32.6 Å². The lowest BCUT2D eigenvalue weighted by molar-refractivity contribution is -0.896. The average molecular weight is 340 g/mol. The first-order valence-corrected chi connectivity index (χ1v) is 7.92. The van der Waals surface area contributed by atoms with Crippen LogP contribution in [0, 0.1) is 10.1 Å². The Morgan fingerprint density at radius 1 is 1.35 bits per heavy atom. The Bertz CT molecular complexity index is 651. The number of nitrogens with one attached hydrogen (secondary N) is 1. The van der Waals surface area contributed by atoms with E-state index in [0.29, 0.717) is 11.0 Å². The van der Waals surface area contributed by atoms with Crippen molar-refractivity contribution in [3.63, 3.8) is 0 Å². The van der Waals surface area contributed by atoms with Crippen molar-refractivity contribution in [3.05, 3.63) is 22.3 Å². The molecule has 2 rings (SSSR count). The summed E-state index contributed by atoms with van der Waals surface area (Å²) >= 11 is 5.20. The molecule has 0 atom stereocenters. The molecule has 10 nitrogen and oxygen atoms in total. The first-order valence-electron chi connectivity index (χ1n) is 7.51. The van der Waals surface area contributed by atoms with Crippen LogP contribution in [0.4, 0.5) is 5.95 Å². The monoisotopic (exact) mass is 340 g/mol. The minimum absolute atomic E-state index is 0.253. The molecule has 0 saturated carbocycles. The van der Waals surface area contributed by atoms with Crippen LogP contribution in [0.5, 0.6) is 0 Å². The highest BCUT2D eigenvalue weighted by molar-refractivity contribution is 7.58. The summed E-state index contributed by atoms with van der Waals surface area (Å²) in [5.41, 5.74) is 0. The third-order valence-electron chi connectivity index (χ3n) is 3.70. The second-order valence-corrected chi connectivity index (χ2v) is 5.48. The van der Waals surface area contributed by atoms with Crippen LogP contribution in [0.1, 0.15) is 26.1 Å². The minimum atomic E-state index is -0.632. The van der Waals surface area contributed by atoms with E-state index in [4.69, 9.17) is 12.6 Å². The molecular formula is C12H20N8O2S. The highest BCUT2D eigenvalue weighted by Crippen LogP contribution is 2.06. The first kappa shape index (κ1) is 17.2. The van der Waals surface area contributed by atoms with Gasteiger partial charge in [0, 0.05) is 23.2 Å². The second kappa shape index (κ2) is 7.92. The SMILES string of the molecule is CC[NH+](CC)CCCn1c([S-])nnc1Cn1cnc([N+](=O)[O-])n1. The van der Waals surface area contributed by atoms with Gasteiger partial charge < -0.3 is 32.2 Å². The van der Waals surface area contributed by atoms with Crippen LogP contribution in [-0.2, 0) is 25.7 Å². The summed E-state index contributed by atoms with van der Waals surface area (Å²) in [5.74, 6) is 0.198. The molecule has 0 fully saturated rings. The van der Waals surface area contributed by atoms with Crippen LogP contribution in [0.3, 0.4) is 0 Å². The van der Waals surface area contributed by atoms with Gasteiger partial charge in [-0.15, -0.1) is 5.10 Å². The number of nitrogens with zero attached hydrogens (tertiary/aromatic N) is 7. The molecule has 0 aliphatic carbocycles. The number of quaternary nitrogens is 1. The number of rotatable bonds is 9. The maximum Gasteiger partial charge on any atom is 0.490 e. The van der Waals surface area contributed by atoms with E-state index in [1.165, 1.54) is 15.9 Å². The quantitative estimate of drug-likeness (QED) is 0.356. The Labute approximate surface area is 139 Å². The normalized spacial score (nSPS) is 11.3. The smallest absolute Gasteiger partial charge is 0.490 e. The van der Waals surface area contributed by atoms with Gasteiger partial charge in [0.05, 0.1) is 19.6 Å². The zero-order valence-corrected chi connectivity index (χ0v) is 14.0. The fourth-order valence-corrected chi connectivity index (χ4v) is 2.58. The average Bonchev–Trinajstić information content (AvgIpc) is 3.13. The lowest BCUT2D eigenvalue weighted by Crippen LogP contribution is -3.11. The summed E-state index contributed by atoms with van der Waals surface area (Å²) in [6, 6.07) is 0. The summed E-state index contributed by atoms with van der Waals surface area (Å²) in [4.78, 5) is 15.1. The lowest BCUT2D eigenvalue weighted by atomic mass is 10.3. The second-order valence-electron chi connectivity index (χ2n) is 5.11. The van der Waals surface area contributed by atoms with Gasteiger partial charge in [0.15, 0.2) is 5.82 Å². The molecule has 0 aromatic carbocycles. The van der Waals surface area contributed by atoms with Crippen molar-refractivity contribution in [2.24, 2.45) is 0 Å². The topological polar surface area (TPSA) is 109 Å². The van der Waals surface area contributed by atoms with Crippen LogP contribution in [0.2, 0.25) is 0 Å². The molecule has 0 unspecified atom stereocenters. The molecular weight excluding hydrogens is 320 g/mol. The van der Waals surface area contributed by atoms with Crippen LogP contribution in [0.25, 0.3) is 0 Å². The van der Waals surface area contributed by atoms with Gasteiger partial charge in [-0.25, -0.2) is 0 Å². The highest BCUT2D eigenvalue weighted by atomic mass is 32.1. The lowest BCUT2D eigenvalue weighted by Gasteiger charge is -2.17. The Morgan fingerprint density at radius 2 is 2.09 bits per heavy atom. The van der Waals surface area contributed by atoms with Gasteiger partial charge in [-0.1, -0.05) is 4.98 Å². The molecule has 2 aromatic rings. The van der Waals surface area contributed by atoms with Gasteiger partial charge >= 0.3 is 5.95 Å². The largest absolute Gasteiger partial charge is 0.740 e. The molecule has 23 heavy (non-hydrogen) atoms. The number of nitro groups is 1. The molecule has 0 amide bonds. The molecule has 1 N–H and O–H groups in total. The van der Waals surface area contributed by atoms with Crippen molar-refractivity contribution in [1.29, 1.82) is 0 Å². The Morgan fingerprint density at radius 3 is 2.70 bits per heavy atom. The van der Waals surface area contributed by atoms with Crippen LogP contribution >= 0.6 is 0 Å². The predicted molar refractivity (Wildman–Crippen MR) is 83.0 cm³/mol. The fourth-order valence-electron chi connectivity index (χ4n) is 2.34. The van der Waals surface area contributed by atoms with Crippen LogP contribution in [-0.4, -0.2) is 54.1 Å². The minimum Gasteiger partial charge on any atom is -0.740 e. The van der Waals surface area contributed by atoms with Gasteiger partial charge in [-0.3, -0.25) is 0 Å². The number of aromatic nitrogens is 6. The maximum absolute atomic E-state index is 10.6. The molecule has 0 saturated heterocycles. The summed E-state index contributed by atoms with van der Waals surface area (Å²) in [6.45, 7) is 8.54. The van der Waals surface area contributed by atoms with E-state index >= 15 is 0 Å². The Balaban J connectivity index is 2.01. The van der Waals surface area contributed by atoms with Gasteiger partial charge in [0.1, 0.15) is 6.54 Å². The van der Waals surface area contributed by atoms with Gasteiger partial charge in [-0.05, 0) is 18.8 Å². The highest BCUT2D eigenvalue weighted by Gasteiger charge is 2.15. The third kappa shape index (κ3) is 4.42. The predicted octanol–water partition coefficient (Wildman–Crippen LogP) is -0.953. The molecule has 0 aliphatic heterocycles. The van der Waals surface area contributed by atoms with E-state index in [1.807, 2.05) is 4.57 Å². The fraction of sp³-hybridized carbons (Fsp3) is 0.667. The summed E-state index contributed by atoms with van der Waals surface area (Å²) < 4.78 is 3.22. The maximum atomic E-state index is 10.6. The van der Waals surface area contributed by atoms with Crippen molar-refractivity contribution in [1.82, 2.24) is 29.5 Å². The first-order chi connectivity index (χ1) is 11.0. The zero-order chi connectivity index (χ0) is 16.8. The molecule has 0 spiro atoms.